The number of hydrogen-bond donors (Lipinski definition) is 7. The normalized spacial score (nSPS) is 22.3. The molecule has 0 aromatic heterocycles. The number of benzene rings is 2. The lowest BCUT2D eigenvalue weighted by atomic mass is 9.99. The molecule has 250 valence electrons. The van der Waals surface area contributed by atoms with Gasteiger partial charge in [-0.25, -0.2) is 14.4 Å². The van der Waals surface area contributed by atoms with Gasteiger partial charge in [0.05, 0.1) is 4.92 Å². The second-order valence-corrected chi connectivity index (χ2v) is 10.9. The maximum atomic E-state index is 13.1. The van der Waals surface area contributed by atoms with Crippen LogP contribution in [0, 0.1) is 16.0 Å². The number of carbonyl (C=O) groups is 4. The fraction of sp³-hybridized carbons (Fsp3) is 0.448. The van der Waals surface area contributed by atoms with Gasteiger partial charge in [-0.1, -0.05) is 50.2 Å². The fourth-order valence-corrected chi connectivity index (χ4v) is 4.53. The summed E-state index contributed by atoms with van der Waals surface area (Å²) in [6, 6.07) is 9.46. The van der Waals surface area contributed by atoms with Gasteiger partial charge in [-0.05, 0) is 29.5 Å². The number of aliphatic carboxylic acids is 2. The van der Waals surface area contributed by atoms with E-state index >= 15 is 0 Å². The van der Waals surface area contributed by atoms with Crippen molar-refractivity contribution in [2.24, 2.45) is 5.92 Å². The first-order chi connectivity index (χ1) is 21.7. The zero-order valence-corrected chi connectivity index (χ0v) is 24.7. The van der Waals surface area contributed by atoms with E-state index < -0.39 is 89.7 Å². The van der Waals surface area contributed by atoms with Crippen molar-refractivity contribution in [3.05, 3.63) is 69.8 Å². The van der Waals surface area contributed by atoms with Crippen molar-refractivity contribution in [1.29, 1.82) is 0 Å². The fourth-order valence-electron chi connectivity index (χ4n) is 4.53. The Kier molecular flexibility index (Phi) is 12.3. The number of carboxylic acid groups (broad SMARTS) is 2. The van der Waals surface area contributed by atoms with E-state index in [9.17, 15) is 54.8 Å². The number of amides is 2. The van der Waals surface area contributed by atoms with E-state index in [2.05, 4.69) is 10.6 Å². The summed E-state index contributed by atoms with van der Waals surface area (Å²) in [6.07, 6.45) is -10.8. The van der Waals surface area contributed by atoms with Crippen molar-refractivity contribution in [2.75, 3.05) is 0 Å². The number of hydrogen-bond acceptors (Lipinski definition) is 12. The molecular weight excluding hydrogens is 614 g/mol. The van der Waals surface area contributed by atoms with Gasteiger partial charge in [0.2, 0.25) is 12.2 Å². The van der Waals surface area contributed by atoms with Gasteiger partial charge in [0, 0.05) is 12.5 Å². The molecule has 0 spiro atoms. The number of nitrogens with zero attached hydrogens (tertiary/aromatic N) is 1. The Labute approximate surface area is 261 Å². The first kappa shape index (κ1) is 35.6. The quantitative estimate of drug-likeness (QED) is 0.107. The molecule has 1 aliphatic rings. The number of carboxylic acids is 2. The molecule has 0 saturated carbocycles. The van der Waals surface area contributed by atoms with Crippen molar-refractivity contribution < 1.29 is 63.8 Å². The maximum absolute atomic E-state index is 13.1. The van der Waals surface area contributed by atoms with Gasteiger partial charge < -0.3 is 50.4 Å². The van der Waals surface area contributed by atoms with Crippen LogP contribution in [0.25, 0.3) is 0 Å². The first-order valence-electron chi connectivity index (χ1n) is 14.0. The summed E-state index contributed by atoms with van der Waals surface area (Å²) in [6.45, 7) is 3.06. The van der Waals surface area contributed by atoms with Crippen LogP contribution in [-0.2, 0) is 36.9 Å². The van der Waals surface area contributed by atoms with Crippen LogP contribution in [0.5, 0.6) is 5.75 Å². The van der Waals surface area contributed by atoms with Crippen LogP contribution in [0.3, 0.4) is 0 Å². The molecule has 1 aliphatic heterocycles. The molecule has 0 bridgehead atoms. The third kappa shape index (κ3) is 9.58. The topological polar surface area (TPSA) is 264 Å². The molecule has 0 radical (unpaired) electrons. The highest BCUT2D eigenvalue weighted by Gasteiger charge is 2.48. The zero-order valence-electron chi connectivity index (χ0n) is 24.7. The van der Waals surface area contributed by atoms with Gasteiger partial charge in [0.1, 0.15) is 37.0 Å². The molecule has 0 aliphatic carbocycles. The number of nitrogens with one attached hydrogen (secondary N) is 2. The Morgan fingerprint density at radius 1 is 0.935 bits per heavy atom. The van der Waals surface area contributed by atoms with E-state index in [1.807, 2.05) is 0 Å². The monoisotopic (exact) mass is 649 g/mol. The highest BCUT2D eigenvalue weighted by molar-refractivity contribution is 5.89. The molecule has 1 fully saturated rings. The maximum Gasteiger partial charge on any atom is 0.408 e. The number of alkyl carbamates (subject to hydrolysis) is 1. The van der Waals surface area contributed by atoms with Gasteiger partial charge in [-0.15, -0.1) is 0 Å². The van der Waals surface area contributed by atoms with Crippen LogP contribution in [-0.4, -0.2) is 97.2 Å². The number of aliphatic hydroxyl groups excluding tert-OH is 3. The Hall–Kier alpha value is -4.84. The standard InChI is InChI=1S/C29H35N3O14/c1-14(2)10-18(26(37)38)30-25(36)17(11-15-6-4-3-5-7-15)31-29(41)44-13-16-8-9-20(19(12-16)32(42)43)45-28-23(35)21(33)22(34)24(46-28)27(39)40/h3-9,12,14,17-18,21-24,28,33-35H,10-11,13H2,1-2H3,(H,30,36)(H,31,41)(H,37,38)(H,39,40)/t17-,18-,21-,22-,23+,24-,28+/m0/s1. The zero-order chi connectivity index (χ0) is 34.1. The first-order valence-corrected chi connectivity index (χ1v) is 14.0. The van der Waals surface area contributed by atoms with E-state index in [4.69, 9.17) is 14.2 Å². The lowest BCUT2D eigenvalue weighted by Crippen LogP contribution is -2.61. The molecule has 0 unspecified atom stereocenters. The highest BCUT2D eigenvalue weighted by atomic mass is 16.7. The second kappa shape index (κ2) is 15.9. The van der Waals surface area contributed by atoms with Crippen molar-refractivity contribution in [3.8, 4) is 5.75 Å². The molecule has 46 heavy (non-hydrogen) atoms. The summed E-state index contributed by atoms with van der Waals surface area (Å²) >= 11 is 0. The summed E-state index contributed by atoms with van der Waals surface area (Å²) in [5.41, 5.74) is 0.0507. The summed E-state index contributed by atoms with van der Waals surface area (Å²) in [7, 11) is 0. The third-order valence-corrected chi connectivity index (χ3v) is 6.86. The highest BCUT2D eigenvalue weighted by Crippen LogP contribution is 2.32. The molecule has 2 aromatic carbocycles. The Balaban J connectivity index is 1.71. The largest absolute Gasteiger partial charge is 0.480 e. The SMILES string of the molecule is CC(C)C[C@H](NC(=O)[C@H](Cc1ccccc1)NC(=O)OCc1ccc(O[C@@H]2O[C@H](C(=O)O)[C@@H](O)[C@H](O)[C@H]2O)c([N+](=O)[O-])c1)C(=O)O. The van der Waals surface area contributed by atoms with E-state index in [0.717, 1.165) is 12.1 Å². The van der Waals surface area contributed by atoms with Gasteiger partial charge >= 0.3 is 23.7 Å². The summed E-state index contributed by atoms with van der Waals surface area (Å²) in [4.78, 5) is 59.7. The van der Waals surface area contributed by atoms with Gasteiger partial charge in [0.25, 0.3) is 0 Å². The lowest BCUT2D eigenvalue weighted by Gasteiger charge is -2.38. The molecule has 2 aromatic rings. The minimum Gasteiger partial charge on any atom is -0.480 e. The molecule has 7 N–H and O–H groups in total. The molecule has 2 amide bonds. The molecule has 17 heteroatoms. The van der Waals surface area contributed by atoms with E-state index in [0.29, 0.717) is 5.56 Å². The molecule has 7 atom stereocenters. The molecule has 1 saturated heterocycles. The Bertz CT molecular complexity index is 1400. The third-order valence-electron chi connectivity index (χ3n) is 6.86. The number of aliphatic hydroxyl groups is 3. The number of rotatable bonds is 14. The average Bonchev–Trinajstić information content (AvgIpc) is 2.99. The molecule has 3 rings (SSSR count). The summed E-state index contributed by atoms with van der Waals surface area (Å²) in [5.74, 6) is -4.22. The summed E-state index contributed by atoms with van der Waals surface area (Å²) in [5, 5.41) is 65.3. The second-order valence-electron chi connectivity index (χ2n) is 10.9. The molecular formula is C29H35N3O14. The predicted octanol–water partition coefficient (Wildman–Crippen LogP) is 0.319. The molecule has 17 nitrogen and oxygen atoms in total. The van der Waals surface area contributed by atoms with Crippen LogP contribution in [0.2, 0.25) is 0 Å². The van der Waals surface area contributed by atoms with E-state index in [1.165, 1.54) is 6.07 Å². The van der Waals surface area contributed by atoms with Gasteiger partial charge in [-0.2, -0.15) is 0 Å². The average molecular weight is 650 g/mol. The number of nitro groups is 1. The Morgan fingerprint density at radius 3 is 2.20 bits per heavy atom. The van der Waals surface area contributed by atoms with Crippen molar-refractivity contribution >= 4 is 29.6 Å². The lowest BCUT2D eigenvalue weighted by molar-refractivity contribution is -0.387. The van der Waals surface area contributed by atoms with Crippen LogP contribution < -0.4 is 15.4 Å². The van der Waals surface area contributed by atoms with Crippen LogP contribution >= 0.6 is 0 Å². The van der Waals surface area contributed by atoms with Gasteiger partial charge in [0.15, 0.2) is 11.9 Å². The van der Waals surface area contributed by atoms with Crippen LogP contribution in [0.1, 0.15) is 31.4 Å². The smallest absolute Gasteiger partial charge is 0.408 e. The number of nitro benzene ring substituents is 1. The Morgan fingerprint density at radius 2 is 1.61 bits per heavy atom. The van der Waals surface area contributed by atoms with Gasteiger partial charge in [-0.3, -0.25) is 14.9 Å². The van der Waals surface area contributed by atoms with E-state index in [1.54, 1.807) is 44.2 Å². The van der Waals surface area contributed by atoms with E-state index in [-0.39, 0.29) is 24.3 Å². The van der Waals surface area contributed by atoms with Crippen LogP contribution in [0.4, 0.5) is 10.5 Å². The minimum absolute atomic E-state index is 0.00313. The summed E-state index contributed by atoms with van der Waals surface area (Å²) < 4.78 is 15.5. The van der Waals surface area contributed by atoms with Crippen molar-refractivity contribution in [1.82, 2.24) is 10.6 Å². The van der Waals surface area contributed by atoms with Crippen molar-refractivity contribution in [3.63, 3.8) is 0 Å². The van der Waals surface area contributed by atoms with Crippen molar-refractivity contribution in [2.45, 2.75) is 76.1 Å². The minimum atomic E-state index is -2.00. The molecule has 1 heterocycles. The predicted molar refractivity (Wildman–Crippen MR) is 154 cm³/mol. The number of carbonyl (C=O) groups excluding carboxylic acids is 2. The number of ether oxygens (including phenoxy) is 3. The van der Waals surface area contributed by atoms with Crippen LogP contribution in [0.15, 0.2) is 48.5 Å².